The number of aryl methyl sites for hydroxylation is 1. The number of benzene rings is 2. The van der Waals surface area contributed by atoms with Gasteiger partial charge in [0.25, 0.3) is 5.91 Å². The molecule has 1 aliphatic heterocycles. The Morgan fingerprint density at radius 3 is 2.69 bits per heavy atom. The molecule has 0 bridgehead atoms. The van der Waals surface area contributed by atoms with Gasteiger partial charge in [-0.25, -0.2) is 5.43 Å². The van der Waals surface area contributed by atoms with Crippen molar-refractivity contribution in [3.63, 3.8) is 0 Å². The lowest BCUT2D eigenvalue weighted by molar-refractivity contribution is -0.123. The van der Waals surface area contributed by atoms with Crippen LogP contribution in [0.5, 0.6) is 5.75 Å². The minimum atomic E-state index is -0.371. The highest BCUT2D eigenvalue weighted by atomic mass is 35.5. The molecule has 1 atom stereocenters. The Balaban J connectivity index is 1.70. The second kappa shape index (κ2) is 9.72. The highest BCUT2D eigenvalue weighted by Crippen LogP contribution is 2.45. The maximum Gasteiger partial charge on any atom is 0.277 e. The van der Waals surface area contributed by atoms with Crippen LogP contribution in [-0.2, 0) is 4.79 Å². The fraction of sp³-hybridized carbons (Fsp3) is 0.440. The van der Waals surface area contributed by atoms with Crippen molar-refractivity contribution < 1.29 is 9.53 Å². The van der Waals surface area contributed by atoms with Crippen molar-refractivity contribution in [1.29, 1.82) is 0 Å². The Labute approximate surface area is 200 Å². The second-order valence-electron chi connectivity index (χ2n) is 9.31. The molecule has 7 heteroatoms. The summed E-state index contributed by atoms with van der Waals surface area (Å²) < 4.78 is 5.44. The zero-order valence-electron chi connectivity index (χ0n) is 19.5. The summed E-state index contributed by atoms with van der Waals surface area (Å²) in [6.45, 7) is 13.2. The van der Waals surface area contributed by atoms with Gasteiger partial charge in [-0.1, -0.05) is 30.1 Å². The molecule has 32 heavy (non-hydrogen) atoms. The Kier molecular flexibility index (Phi) is 7.41. The van der Waals surface area contributed by atoms with E-state index >= 15 is 0 Å². The fourth-order valence-corrected chi connectivity index (χ4v) is 5.14. The molecule has 172 valence electrons. The molecule has 0 unspecified atom stereocenters. The number of hydrogen-bond acceptors (Lipinski definition) is 4. The van der Waals surface area contributed by atoms with Crippen molar-refractivity contribution in [1.82, 2.24) is 5.43 Å². The maximum absolute atomic E-state index is 12.1. The molecule has 0 radical (unpaired) electrons. The Morgan fingerprint density at radius 2 is 2.03 bits per heavy atom. The second-order valence-corrected chi connectivity index (χ2v) is 10.1. The van der Waals surface area contributed by atoms with Crippen LogP contribution in [0.2, 0.25) is 10.0 Å². The molecule has 0 fully saturated rings. The number of carbonyl (C=O) groups excluding carboxylic acids is 1. The number of hydrazone groups is 1. The van der Waals surface area contributed by atoms with Gasteiger partial charge in [-0.15, -0.1) is 0 Å². The van der Waals surface area contributed by atoms with Crippen molar-refractivity contribution in [2.75, 3.05) is 11.5 Å². The summed E-state index contributed by atoms with van der Waals surface area (Å²) >= 11 is 11.9. The van der Waals surface area contributed by atoms with E-state index in [4.69, 9.17) is 27.9 Å². The number of rotatable bonds is 6. The van der Waals surface area contributed by atoms with Gasteiger partial charge in [-0.05, 0) is 94.0 Å². The average Bonchev–Trinajstić information content (AvgIpc) is 2.67. The van der Waals surface area contributed by atoms with Gasteiger partial charge in [0, 0.05) is 22.3 Å². The Hall–Kier alpha value is -2.24. The van der Waals surface area contributed by atoms with Gasteiger partial charge < -0.3 is 9.64 Å². The van der Waals surface area contributed by atoms with E-state index in [2.05, 4.69) is 69.1 Å². The predicted molar refractivity (Wildman–Crippen MR) is 134 cm³/mol. The van der Waals surface area contributed by atoms with E-state index < -0.39 is 0 Å². The number of anilines is 1. The molecule has 0 spiro atoms. The first-order valence-electron chi connectivity index (χ1n) is 10.8. The summed E-state index contributed by atoms with van der Waals surface area (Å²) in [7, 11) is 0. The van der Waals surface area contributed by atoms with Crippen LogP contribution in [0.25, 0.3) is 0 Å². The standard InChI is InChI=1S/C25H31Cl2N3O2/c1-15(2)30-22-9-16(3)18(10-20(22)17(4)12-25(30,5)6)13-28-29-24(31)14-32-23-8-7-19(26)11-21(23)27/h7-11,13,15,17H,12,14H2,1-6H3,(H,29,31)/b28-13+/t17-/m1/s1. The summed E-state index contributed by atoms with van der Waals surface area (Å²) in [4.78, 5) is 14.6. The van der Waals surface area contributed by atoms with Crippen molar-refractivity contribution >= 4 is 41.0 Å². The SMILES string of the molecule is Cc1cc2c(cc1/C=N/NC(=O)COc1ccc(Cl)cc1Cl)[C@H](C)CC(C)(C)N2C(C)C. The molecule has 0 aliphatic carbocycles. The van der Waals surface area contributed by atoms with Crippen LogP contribution < -0.4 is 15.1 Å². The molecule has 2 aromatic rings. The van der Waals surface area contributed by atoms with E-state index in [1.807, 2.05) is 0 Å². The zero-order chi connectivity index (χ0) is 23.6. The first-order valence-corrected chi connectivity index (χ1v) is 11.6. The summed E-state index contributed by atoms with van der Waals surface area (Å²) in [6.07, 6.45) is 2.77. The van der Waals surface area contributed by atoms with E-state index in [1.165, 1.54) is 11.3 Å². The average molecular weight is 476 g/mol. The van der Waals surface area contributed by atoms with Crippen molar-refractivity contribution in [2.24, 2.45) is 5.10 Å². The van der Waals surface area contributed by atoms with Gasteiger partial charge in [-0.3, -0.25) is 4.79 Å². The van der Waals surface area contributed by atoms with Crippen molar-refractivity contribution in [3.05, 3.63) is 57.1 Å². The minimum absolute atomic E-state index is 0.101. The predicted octanol–water partition coefficient (Wildman–Crippen LogP) is 6.33. The molecular weight excluding hydrogens is 445 g/mol. The number of amides is 1. The summed E-state index contributed by atoms with van der Waals surface area (Å²) in [5.41, 5.74) is 7.32. The first kappa shape index (κ1) is 24.4. The summed E-state index contributed by atoms with van der Waals surface area (Å²) in [5.74, 6) is 0.464. The third-order valence-corrected chi connectivity index (χ3v) is 6.36. The van der Waals surface area contributed by atoms with Gasteiger partial charge in [0.1, 0.15) is 5.75 Å². The van der Waals surface area contributed by atoms with Crippen LogP contribution in [0.3, 0.4) is 0 Å². The third-order valence-electron chi connectivity index (χ3n) is 5.83. The summed E-state index contributed by atoms with van der Waals surface area (Å²) in [5, 5.41) is 4.99. The molecule has 3 rings (SSSR count). The zero-order valence-corrected chi connectivity index (χ0v) is 21.0. The van der Waals surface area contributed by atoms with E-state index in [1.54, 1.807) is 24.4 Å². The summed E-state index contributed by atoms with van der Waals surface area (Å²) in [6, 6.07) is 9.68. The van der Waals surface area contributed by atoms with E-state index in [0.29, 0.717) is 27.8 Å². The molecule has 0 aromatic heterocycles. The van der Waals surface area contributed by atoms with E-state index in [0.717, 1.165) is 17.5 Å². The Morgan fingerprint density at radius 1 is 1.31 bits per heavy atom. The molecular formula is C25H31Cl2N3O2. The molecule has 1 amide bonds. The number of ether oxygens (including phenoxy) is 1. The number of nitrogens with one attached hydrogen (secondary N) is 1. The van der Waals surface area contributed by atoms with Crippen LogP contribution in [-0.4, -0.2) is 30.3 Å². The van der Waals surface area contributed by atoms with Gasteiger partial charge in [-0.2, -0.15) is 5.10 Å². The lowest BCUT2D eigenvalue weighted by Crippen LogP contribution is -2.51. The normalized spacial score (nSPS) is 17.5. The van der Waals surface area contributed by atoms with Crippen LogP contribution in [0.4, 0.5) is 5.69 Å². The van der Waals surface area contributed by atoms with Crippen LogP contribution >= 0.6 is 23.2 Å². The molecule has 5 nitrogen and oxygen atoms in total. The van der Waals surface area contributed by atoms with E-state index in [-0.39, 0.29) is 18.1 Å². The van der Waals surface area contributed by atoms with Crippen molar-refractivity contribution in [2.45, 2.75) is 65.5 Å². The minimum Gasteiger partial charge on any atom is -0.482 e. The quantitative estimate of drug-likeness (QED) is 0.392. The topological polar surface area (TPSA) is 53.9 Å². The third kappa shape index (κ3) is 5.38. The van der Waals surface area contributed by atoms with Crippen LogP contribution in [0.15, 0.2) is 35.4 Å². The Bertz CT molecular complexity index is 1030. The van der Waals surface area contributed by atoms with Crippen molar-refractivity contribution in [3.8, 4) is 5.75 Å². The lowest BCUT2D eigenvalue weighted by atomic mass is 9.78. The highest BCUT2D eigenvalue weighted by molar-refractivity contribution is 6.35. The number of nitrogens with zero attached hydrogens (tertiary/aromatic N) is 2. The van der Waals surface area contributed by atoms with E-state index in [9.17, 15) is 4.79 Å². The number of hydrogen-bond donors (Lipinski definition) is 1. The molecule has 0 saturated carbocycles. The maximum atomic E-state index is 12.1. The highest BCUT2D eigenvalue weighted by Gasteiger charge is 2.37. The number of fused-ring (bicyclic) bond motifs is 1. The molecule has 1 aliphatic rings. The largest absolute Gasteiger partial charge is 0.482 e. The molecule has 1 N–H and O–H groups in total. The molecule has 2 aromatic carbocycles. The first-order chi connectivity index (χ1) is 15.0. The van der Waals surface area contributed by atoms with Gasteiger partial charge in [0.2, 0.25) is 0 Å². The molecule has 0 saturated heterocycles. The van der Waals surface area contributed by atoms with Crippen LogP contribution in [0, 0.1) is 6.92 Å². The smallest absolute Gasteiger partial charge is 0.277 e. The van der Waals surface area contributed by atoms with Gasteiger partial charge in [0.05, 0.1) is 11.2 Å². The monoisotopic (exact) mass is 475 g/mol. The lowest BCUT2D eigenvalue weighted by Gasteiger charge is -2.50. The fourth-order valence-electron chi connectivity index (χ4n) is 4.67. The van der Waals surface area contributed by atoms with Crippen LogP contribution in [0.1, 0.15) is 63.6 Å². The number of halogens is 2. The number of carbonyl (C=O) groups is 1. The molecule has 1 heterocycles. The van der Waals surface area contributed by atoms with Gasteiger partial charge in [0.15, 0.2) is 6.61 Å². The van der Waals surface area contributed by atoms with Gasteiger partial charge >= 0.3 is 0 Å².